The van der Waals surface area contributed by atoms with Crippen molar-refractivity contribution in [2.24, 2.45) is 21.1 Å². The van der Waals surface area contributed by atoms with Crippen molar-refractivity contribution in [3.8, 4) is 11.5 Å². The second-order valence-corrected chi connectivity index (χ2v) is 4.57. The summed E-state index contributed by atoms with van der Waals surface area (Å²) >= 11 is 0. The van der Waals surface area contributed by atoms with Crippen LogP contribution in [0.1, 0.15) is 0 Å². The molecule has 3 aromatic rings. The van der Waals surface area contributed by atoms with E-state index < -0.39 is 11.2 Å². The van der Waals surface area contributed by atoms with Gasteiger partial charge >= 0.3 is 5.69 Å². The molecule has 3 heterocycles. The van der Waals surface area contributed by atoms with E-state index in [1.54, 1.807) is 24.8 Å². The van der Waals surface area contributed by atoms with E-state index >= 15 is 0 Å². The van der Waals surface area contributed by atoms with Gasteiger partial charge in [0.05, 0.1) is 0 Å². The first-order valence-corrected chi connectivity index (χ1v) is 5.85. The third-order valence-corrected chi connectivity index (χ3v) is 3.24. The maximum atomic E-state index is 12.1. The number of nitrogens with one attached hydrogen (secondary N) is 1. The number of anilines is 1. The maximum absolute atomic E-state index is 12.1. The van der Waals surface area contributed by atoms with Crippen molar-refractivity contribution in [3.05, 3.63) is 26.9 Å². The van der Waals surface area contributed by atoms with E-state index in [0.717, 1.165) is 4.57 Å². The van der Waals surface area contributed by atoms with E-state index in [9.17, 15) is 9.59 Å². The van der Waals surface area contributed by atoms with Crippen LogP contribution in [0.4, 0.5) is 5.82 Å². The van der Waals surface area contributed by atoms with E-state index in [1.807, 2.05) is 0 Å². The van der Waals surface area contributed by atoms with Crippen molar-refractivity contribution in [2.45, 2.75) is 0 Å². The van der Waals surface area contributed by atoms with Gasteiger partial charge in [0.15, 0.2) is 11.5 Å². The summed E-state index contributed by atoms with van der Waals surface area (Å²) in [6, 6.07) is 1.64. The first kappa shape index (κ1) is 12.2. The Morgan fingerprint density at radius 2 is 1.90 bits per heavy atom. The summed E-state index contributed by atoms with van der Waals surface area (Å²) in [5.74, 6) is 0.787. The largest absolute Gasteiger partial charge is 0.382 e. The average molecular weight is 275 g/mol. The first-order valence-electron chi connectivity index (χ1n) is 5.85. The van der Waals surface area contributed by atoms with E-state index in [1.165, 1.54) is 11.6 Å². The number of aromatic nitrogens is 6. The van der Waals surface area contributed by atoms with Crippen molar-refractivity contribution in [1.29, 1.82) is 0 Å². The zero-order valence-corrected chi connectivity index (χ0v) is 11.2. The highest BCUT2D eigenvalue weighted by Crippen LogP contribution is 2.19. The number of rotatable bonds is 1. The van der Waals surface area contributed by atoms with Gasteiger partial charge in [-0.2, -0.15) is 5.10 Å². The van der Waals surface area contributed by atoms with Crippen LogP contribution in [0.3, 0.4) is 0 Å². The summed E-state index contributed by atoms with van der Waals surface area (Å²) < 4.78 is 3.90. The molecule has 0 aliphatic rings. The summed E-state index contributed by atoms with van der Waals surface area (Å²) in [6.07, 6.45) is 0. The monoisotopic (exact) mass is 275 g/mol. The molecule has 0 aromatic carbocycles. The van der Waals surface area contributed by atoms with Gasteiger partial charge in [0.1, 0.15) is 17.0 Å². The Balaban J connectivity index is 2.40. The van der Waals surface area contributed by atoms with E-state index in [2.05, 4.69) is 15.1 Å². The average Bonchev–Trinajstić information content (AvgIpc) is 2.97. The molecule has 20 heavy (non-hydrogen) atoms. The highest BCUT2D eigenvalue weighted by molar-refractivity contribution is 5.75. The van der Waals surface area contributed by atoms with Gasteiger partial charge < -0.3 is 10.7 Å². The minimum absolute atomic E-state index is 0.268. The number of H-pyrrole nitrogens is 1. The van der Waals surface area contributed by atoms with E-state index in [-0.39, 0.29) is 5.52 Å². The molecule has 104 valence electrons. The Morgan fingerprint density at radius 3 is 2.50 bits per heavy atom. The van der Waals surface area contributed by atoms with E-state index in [0.29, 0.717) is 23.0 Å². The molecule has 0 atom stereocenters. The Labute approximate surface area is 112 Å². The van der Waals surface area contributed by atoms with E-state index in [4.69, 9.17) is 5.73 Å². The molecule has 0 aliphatic carbocycles. The predicted molar refractivity (Wildman–Crippen MR) is 73.2 cm³/mol. The number of hydrogen-bond donors (Lipinski definition) is 2. The van der Waals surface area contributed by atoms with Crippen molar-refractivity contribution in [3.63, 3.8) is 0 Å². The fourth-order valence-corrected chi connectivity index (χ4v) is 2.16. The zero-order valence-electron chi connectivity index (χ0n) is 11.2. The van der Waals surface area contributed by atoms with Gasteiger partial charge in [-0.1, -0.05) is 0 Å². The second kappa shape index (κ2) is 3.83. The molecule has 0 aliphatic heterocycles. The predicted octanol–water partition coefficient (Wildman–Crippen LogP) is -1.06. The number of imidazole rings is 1. The molecule has 9 heteroatoms. The molecule has 0 spiro atoms. The van der Waals surface area contributed by atoms with Crippen LogP contribution < -0.4 is 17.0 Å². The molecule has 0 radical (unpaired) electrons. The van der Waals surface area contributed by atoms with Crippen LogP contribution in [-0.4, -0.2) is 28.9 Å². The number of hydrogen-bond acceptors (Lipinski definition) is 5. The number of aromatic amines is 1. The van der Waals surface area contributed by atoms with Crippen molar-refractivity contribution in [2.75, 3.05) is 5.73 Å². The molecule has 0 fully saturated rings. The minimum Gasteiger partial charge on any atom is -0.382 e. The highest BCUT2D eigenvalue weighted by Gasteiger charge is 2.16. The lowest BCUT2D eigenvalue weighted by Crippen LogP contribution is -2.36. The summed E-state index contributed by atoms with van der Waals surface area (Å²) in [5.41, 5.74) is 5.98. The van der Waals surface area contributed by atoms with Crippen molar-refractivity contribution >= 4 is 17.0 Å². The molecule has 9 nitrogen and oxygen atoms in total. The summed E-state index contributed by atoms with van der Waals surface area (Å²) in [7, 11) is 4.70. The second-order valence-electron chi connectivity index (χ2n) is 4.57. The molecule has 3 rings (SSSR count). The Bertz CT molecular complexity index is 940. The SMILES string of the molecule is Cn1nc(N)cc1-c1nc2c([nH]1)c(=O)n(C)c(=O)n2C. The maximum Gasteiger partial charge on any atom is 0.332 e. The molecular formula is C11H13N7O2. The quantitative estimate of drug-likeness (QED) is 0.587. The van der Waals surface area contributed by atoms with Gasteiger partial charge in [0.25, 0.3) is 5.56 Å². The molecule has 0 amide bonds. The van der Waals surface area contributed by atoms with Crippen LogP contribution >= 0.6 is 0 Å². The number of nitrogens with two attached hydrogens (primary N) is 1. The van der Waals surface area contributed by atoms with Crippen molar-refractivity contribution in [1.82, 2.24) is 28.9 Å². The fourth-order valence-electron chi connectivity index (χ4n) is 2.16. The smallest absolute Gasteiger partial charge is 0.332 e. The van der Waals surface area contributed by atoms with Gasteiger partial charge in [0.2, 0.25) is 0 Å². The number of aryl methyl sites for hydroxylation is 2. The fraction of sp³-hybridized carbons (Fsp3) is 0.273. The van der Waals surface area contributed by atoms with Crippen molar-refractivity contribution < 1.29 is 0 Å². The molecule has 3 aromatic heterocycles. The third kappa shape index (κ3) is 1.49. The lowest BCUT2D eigenvalue weighted by Gasteiger charge is -2.00. The highest BCUT2D eigenvalue weighted by atomic mass is 16.2. The first-order chi connectivity index (χ1) is 9.40. The summed E-state index contributed by atoms with van der Waals surface area (Å²) in [4.78, 5) is 31.1. The number of nitrogen functional groups attached to an aromatic ring is 1. The third-order valence-electron chi connectivity index (χ3n) is 3.24. The van der Waals surface area contributed by atoms with Gasteiger partial charge in [-0.05, 0) is 0 Å². The zero-order chi connectivity index (χ0) is 14.6. The summed E-state index contributed by atoms with van der Waals surface area (Å²) in [6.45, 7) is 0. The Morgan fingerprint density at radius 1 is 1.20 bits per heavy atom. The van der Waals surface area contributed by atoms with Gasteiger partial charge in [-0.15, -0.1) is 0 Å². The molecular weight excluding hydrogens is 262 g/mol. The number of nitrogens with zero attached hydrogens (tertiary/aromatic N) is 5. The standard InChI is InChI=1S/C11H13N7O2/c1-16-9-7(10(19)17(2)11(16)20)13-8(14-9)5-4-6(12)15-18(5)3/h4H,1-3H3,(H2,12,15)(H,13,14). The normalized spacial score (nSPS) is 11.3. The topological polar surface area (TPSA) is 117 Å². The van der Waals surface area contributed by atoms with Gasteiger partial charge in [-0.3, -0.25) is 18.6 Å². The van der Waals surface area contributed by atoms with Crippen LogP contribution in [0.2, 0.25) is 0 Å². The lowest BCUT2D eigenvalue weighted by atomic mass is 10.4. The van der Waals surface area contributed by atoms with Crippen LogP contribution in [0.25, 0.3) is 22.7 Å². The summed E-state index contributed by atoms with van der Waals surface area (Å²) in [5, 5.41) is 4.02. The number of fused-ring (bicyclic) bond motifs is 1. The van der Waals surface area contributed by atoms with Crippen LogP contribution in [0.5, 0.6) is 0 Å². The molecule has 3 N–H and O–H groups in total. The van der Waals surface area contributed by atoms with Gasteiger partial charge in [0, 0.05) is 27.2 Å². The Kier molecular flexibility index (Phi) is 2.33. The molecule has 0 unspecified atom stereocenters. The van der Waals surface area contributed by atoms with Crippen LogP contribution in [-0.2, 0) is 21.1 Å². The molecule has 0 saturated carbocycles. The molecule has 0 saturated heterocycles. The lowest BCUT2D eigenvalue weighted by molar-refractivity contribution is 0.708. The minimum atomic E-state index is -0.426. The molecule has 0 bridgehead atoms. The van der Waals surface area contributed by atoms with Gasteiger partial charge in [-0.25, -0.2) is 9.78 Å². The van der Waals surface area contributed by atoms with Crippen LogP contribution in [0.15, 0.2) is 15.7 Å². The Hall–Kier alpha value is -2.84. The van der Waals surface area contributed by atoms with Crippen LogP contribution in [0, 0.1) is 0 Å².